The predicted octanol–water partition coefficient (Wildman–Crippen LogP) is 4.05. The molecule has 0 saturated carbocycles. The topological polar surface area (TPSA) is 19.4 Å². The molecule has 1 saturated heterocycles. The molecule has 4 rings (SSSR count). The van der Waals surface area contributed by atoms with Gasteiger partial charge in [0, 0.05) is 49.2 Å². The van der Waals surface area contributed by atoms with E-state index in [4.69, 9.17) is 4.98 Å². The second kappa shape index (κ2) is 7.31. The summed E-state index contributed by atoms with van der Waals surface area (Å²) in [4.78, 5) is 9.55. The molecular weight excluding hydrogens is 332 g/mol. The van der Waals surface area contributed by atoms with Crippen LogP contribution in [0, 0.1) is 11.6 Å². The van der Waals surface area contributed by atoms with Gasteiger partial charge in [0.25, 0.3) is 0 Å². The van der Waals surface area contributed by atoms with Crippen molar-refractivity contribution in [2.75, 3.05) is 38.1 Å². The van der Waals surface area contributed by atoms with Crippen molar-refractivity contribution in [2.24, 2.45) is 0 Å². The van der Waals surface area contributed by atoms with Crippen molar-refractivity contribution in [1.29, 1.82) is 0 Å². The van der Waals surface area contributed by atoms with Crippen molar-refractivity contribution >= 4 is 5.69 Å². The minimum Gasteiger partial charge on any atom is -0.369 e. The Morgan fingerprint density at radius 3 is 2.46 bits per heavy atom. The lowest BCUT2D eigenvalue weighted by Crippen LogP contribution is -2.45. The van der Waals surface area contributed by atoms with Crippen LogP contribution in [0.5, 0.6) is 0 Å². The summed E-state index contributed by atoms with van der Waals surface area (Å²) in [6.07, 6.45) is 5.49. The van der Waals surface area contributed by atoms with E-state index in [0.29, 0.717) is 11.3 Å². The molecule has 0 spiro atoms. The largest absolute Gasteiger partial charge is 0.369 e. The van der Waals surface area contributed by atoms with Crippen molar-refractivity contribution < 1.29 is 8.78 Å². The zero-order valence-electron chi connectivity index (χ0n) is 15.3. The molecule has 1 aliphatic carbocycles. The fourth-order valence-corrected chi connectivity index (χ4v) is 4.02. The summed E-state index contributed by atoms with van der Waals surface area (Å²) < 4.78 is 27.7. The minimum absolute atomic E-state index is 0.383. The maximum absolute atomic E-state index is 14.4. The molecule has 0 unspecified atom stereocenters. The van der Waals surface area contributed by atoms with Gasteiger partial charge in [0.05, 0.1) is 5.69 Å². The minimum atomic E-state index is -0.555. The van der Waals surface area contributed by atoms with Crippen LogP contribution in [0.25, 0.3) is 11.3 Å². The average Bonchev–Trinajstić information content (AvgIpc) is 2.87. The van der Waals surface area contributed by atoms with Crippen LogP contribution >= 0.6 is 0 Å². The third kappa shape index (κ3) is 3.45. The molecule has 1 aromatic carbocycles. The molecule has 0 atom stereocenters. The Balaban J connectivity index is 1.80. The number of nitrogens with zero attached hydrogens (tertiary/aromatic N) is 3. The van der Waals surface area contributed by atoms with Gasteiger partial charge in [0.15, 0.2) is 0 Å². The number of aromatic nitrogens is 1. The molecule has 1 fully saturated rings. The number of hydrogen-bond acceptors (Lipinski definition) is 3. The highest BCUT2D eigenvalue weighted by molar-refractivity contribution is 5.69. The van der Waals surface area contributed by atoms with E-state index in [1.54, 1.807) is 0 Å². The molecule has 5 heteroatoms. The van der Waals surface area contributed by atoms with Crippen molar-refractivity contribution in [3.05, 3.63) is 47.2 Å². The molecule has 0 amide bonds. The monoisotopic (exact) mass is 357 g/mol. The molecule has 26 heavy (non-hydrogen) atoms. The van der Waals surface area contributed by atoms with E-state index >= 15 is 0 Å². The first-order valence-corrected chi connectivity index (χ1v) is 9.53. The second-order valence-corrected chi connectivity index (χ2v) is 7.43. The van der Waals surface area contributed by atoms with Gasteiger partial charge in [-0.25, -0.2) is 8.78 Å². The van der Waals surface area contributed by atoms with Crippen LogP contribution in [0.4, 0.5) is 14.5 Å². The molecule has 3 nitrogen and oxygen atoms in total. The summed E-state index contributed by atoms with van der Waals surface area (Å²) in [6, 6.07) is 5.77. The number of benzene rings is 1. The summed E-state index contributed by atoms with van der Waals surface area (Å²) >= 11 is 0. The van der Waals surface area contributed by atoms with E-state index in [0.717, 1.165) is 57.2 Å². The first-order chi connectivity index (χ1) is 12.6. The lowest BCUT2D eigenvalue weighted by Gasteiger charge is -2.35. The molecule has 1 aliphatic heterocycles. The van der Waals surface area contributed by atoms with E-state index in [9.17, 15) is 8.78 Å². The van der Waals surface area contributed by atoms with Gasteiger partial charge in [-0.2, -0.15) is 0 Å². The summed E-state index contributed by atoms with van der Waals surface area (Å²) in [7, 11) is 2.14. The number of halogens is 2. The van der Waals surface area contributed by atoms with Crippen LogP contribution in [0.1, 0.15) is 30.5 Å². The number of pyridine rings is 1. The second-order valence-electron chi connectivity index (χ2n) is 7.43. The van der Waals surface area contributed by atoms with Crippen LogP contribution in [0.3, 0.4) is 0 Å². The Hall–Kier alpha value is -2.01. The standard InChI is InChI=1S/C21H25F2N3/c1-25-9-11-26(12-10-25)21-14-20(16-8-7-15(22)13-18(16)23)24-19-6-4-2-3-5-17(19)21/h7-8,13-14H,2-6,9-12H2,1H3. The smallest absolute Gasteiger partial charge is 0.135 e. The van der Waals surface area contributed by atoms with Crippen LogP contribution in [-0.2, 0) is 12.8 Å². The number of aryl methyl sites for hydroxylation is 1. The maximum Gasteiger partial charge on any atom is 0.135 e. The molecule has 138 valence electrons. The Morgan fingerprint density at radius 1 is 0.923 bits per heavy atom. The van der Waals surface area contributed by atoms with Gasteiger partial charge in [0.2, 0.25) is 0 Å². The Kier molecular flexibility index (Phi) is 4.90. The van der Waals surface area contributed by atoms with Crippen LogP contribution in [0.2, 0.25) is 0 Å². The third-order valence-corrected chi connectivity index (χ3v) is 5.58. The highest BCUT2D eigenvalue weighted by Crippen LogP contribution is 2.34. The molecule has 1 aromatic heterocycles. The third-order valence-electron chi connectivity index (χ3n) is 5.58. The van der Waals surface area contributed by atoms with Crippen molar-refractivity contribution in [2.45, 2.75) is 32.1 Å². The lowest BCUT2D eigenvalue weighted by atomic mass is 10.0. The first kappa shape index (κ1) is 17.4. The molecule has 0 radical (unpaired) electrons. The van der Waals surface area contributed by atoms with E-state index in [2.05, 4.69) is 16.8 Å². The zero-order chi connectivity index (χ0) is 18.1. The van der Waals surface area contributed by atoms with Crippen molar-refractivity contribution in [3.63, 3.8) is 0 Å². The van der Waals surface area contributed by atoms with Gasteiger partial charge in [-0.1, -0.05) is 6.42 Å². The van der Waals surface area contributed by atoms with Gasteiger partial charge in [0.1, 0.15) is 11.6 Å². The van der Waals surface area contributed by atoms with Crippen molar-refractivity contribution in [1.82, 2.24) is 9.88 Å². The van der Waals surface area contributed by atoms with E-state index in [1.165, 1.54) is 36.2 Å². The first-order valence-electron chi connectivity index (χ1n) is 9.53. The highest BCUT2D eigenvalue weighted by atomic mass is 19.1. The van der Waals surface area contributed by atoms with Gasteiger partial charge >= 0.3 is 0 Å². The molecule has 2 aromatic rings. The number of rotatable bonds is 2. The number of fused-ring (bicyclic) bond motifs is 1. The van der Waals surface area contributed by atoms with Crippen LogP contribution < -0.4 is 4.90 Å². The van der Waals surface area contributed by atoms with Gasteiger partial charge < -0.3 is 9.80 Å². The summed E-state index contributed by atoms with van der Waals surface area (Å²) in [5.41, 5.74) is 4.63. The molecule has 0 N–H and O–H groups in total. The lowest BCUT2D eigenvalue weighted by molar-refractivity contribution is 0.312. The molecular formula is C21H25F2N3. The summed E-state index contributed by atoms with van der Waals surface area (Å²) in [5, 5.41) is 0. The number of piperazine rings is 1. The van der Waals surface area contributed by atoms with E-state index < -0.39 is 11.6 Å². The summed E-state index contributed by atoms with van der Waals surface area (Å²) in [6.45, 7) is 3.99. The normalized spacial score (nSPS) is 18.5. The van der Waals surface area contributed by atoms with Crippen LogP contribution in [0.15, 0.2) is 24.3 Å². The average molecular weight is 357 g/mol. The van der Waals surface area contributed by atoms with E-state index in [1.807, 2.05) is 6.07 Å². The molecule has 0 bridgehead atoms. The zero-order valence-corrected chi connectivity index (χ0v) is 15.3. The highest BCUT2D eigenvalue weighted by Gasteiger charge is 2.23. The Bertz CT molecular complexity index is 798. The Labute approximate surface area is 153 Å². The van der Waals surface area contributed by atoms with Crippen molar-refractivity contribution in [3.8, 4) is 11.3 Å². The quantitative estimate of drug-likeness (QED) is 0.756. The maximum atomic E-state index is 14.4. The fraction of sp³-hybridized carbons (Fsp3) is 0.476. The number of likely N-dealkylation sites (N-methyl/N-ethyl adjacent to an activating group) is 1. The van der Waals surface area contributed by atoms with E-state index in [-0.39, 0.29) is 0 Å². The molecule has 2 aliphatic rings. The SMILES string of the molecule is CN1CCN(c2cc(-c3ccc(F)cc3F)nc3c2CCCCC3)CC1. The number of anilines is 1. The molecule has 2 heterocycles. The Morgan fingerprint density at radius 2 is 1.69 bits per heavy atom. The predicted molar refractivity (Wildman–Crippen MR) is 101 cm³/mol. The van der Waals surface area contributed by atoms with Gasteiger partial charge in [-0.15, -0.1) is 0 Å². The van der Waals surface area contributed by atoms with Crippen LogP contribution in [-0.4, -0.2) is 43.1 Å². The summed E-state index contributed by atoms with van der Waals surface area (Å²) in [5.74, 6) is -1.10. The van der Waals surface area contributed by atoms with Gasteiger partial charge in [-0.05, 0) is 56.5 Å². The van der Waals surface area contributed by atoms with Gasteiger partial charge in [-0.3, -0.25) is 4.98 Å². The fourth-order valence-electron chi connectivity index (χ4n) is 4.02. The number of hydrogen-bond donors (Lipinski definition) is 0.